The first kappa shape index (κ1) is 32.5. The molecule has 1 fully saturated rings. The quantitative estimate of drug-likeness (QED) is 0.241. The molecule has 0 aliphatic carbocycles. The monoisotopic (exact) mass is 667 g/mol. The van der Waals surface area contributed by atoms with Crippen LogP contribution in [-0.4, -0.2) is 69.5 Å². The lowest BCUT2D eigenvalue weighted by Gasteiger charge is -2.38. The average molecular weight is 668 g/mol. The standard InChI is InChI=1S/C33H26F5N5O5/c1-42-26-6-8-39-15-18(26)11-22(31(42)45)21-5-4-17(20-3-2-7-40-29(20)21)12-25(32(46)47)41-30(44)28-23(34)13-19(14-24(28)35)43-9-10-48-16-27(43)33(36,37)38/h2-8,11,13-15,25,27H,9-10,12,16H2,1H3,(H,41,44)(H,46,47)/t25-,27-/m0/s1. The van der Waals surface area contributed by atoms with Crippen molar-refractivity contribution < 1.29 is 41.4 Å². The molecule has 248 valence electrons. The van der Waals surface area contributed by atoms with E-state index in [9.17, 15) is 32.7 Å². The zero-order valence-electron chi connectivity index (χ0n) is 25.1. The maximum absolute atomic E-state index is 15.2. The number of carbonyl (C=O) groups is 2. The van der Waals surface area contributed by atoms with Crippen LogP contribution < -0.4 is 15.8 Å². The van der Waals surface area contributed by atoms with Crippen LogP contribution in [0.25, 0.3) is 32.9 Å². The van der Waals surface area contributed by atoms with Gasteiger partial charge in [0.05, 0.1) is 29.8 Å². The molecule has 0 bridgehead atoms. The fourth-order valence-corrected chi connectivity index (χ4v) is 5.92. The highest BCUT2D eigenvalue weighted by Crippen LogP contribution is 2.33. The summed E-state index contributed by atoms with van der Waals surface area (Å²) < 4.78 is 77.3. The minimum atomic E-state index is -4.75. The fraction of sp³-hybridized carbons (Fsp3) is 0.242. The molecule has 0 spiro atoms. The van der Waals surface area contributed by atoms with Gasteiger partial charge in [0, 0.05) is 60.6 Å². The zero-order chi connectivity index (χ0) is 34.3. The summed E-state index contributed by atoms with van der Waals surface area (Å²) in [5, 5.41) is 13.3. The summed E-state index contributed by atoms with van der Waals surface area (Å²) in [5.74, 6) is -5.86. The molecule has 10 nitrogen and oxygen atoms in total. The minimum Gasteiger partial charge on any atom is -0.480 e. The minimum absolute atomic E-state index is 0.111. The Morgan fingerprint density at radius 3 is 2.54 bits per heavy atom. The van der Waals surface area contributed by atoms with Gasteiger partial charge in [0.2, 0.25) is 0 Å². The Balaban J connectivity index is 1.30. The number of benzene rings is 2. The van der Waals surface area contributed by atoms with Crippen LogP contribution in [0.4, 0.5) is 27.6 Å². The maximum atomic E-state index is 15.2. The van der Waals surface area contributed by atoms with Crippen molar-refractivity contribution in [3.05, 3.63) is 100 Å². The van der Waals surface area contributed by atoms with E-state index in [0.29, 0.717) is 50.6 Å². The lowest BCUT2D eigenvalue weighted by molar-refractivity contribution is -0.167. The molecule has 0 saturated carbocycles. The molecule has 1 amide bonds. The first-order chi connectivity index (χ1) is 22.8. The number of hydrogen-bond donors (Lipinski definition) is 2. The Morgan fingerprint density at radius 2 is 1.83 bits per heavy atom. The number of carbonyl (C=O) groups excluding carboxylic acids is 1. The number of fused-ring (bicyclic) bond motifs is 2. The number of carboxylic acids is 1. The summed E-state index contributed by atoms with van der Waals surface area (Å²) in [6, 6.07) is 7.20. The number of alkyl halides is 3. The van der Waals surface area contributed by atoms with E-state index in [1.54, 1.807) is 55.8 Å². The largest absolute Gasteiger partial charge is 0.480 e. The number of nitrogens with zero attached hydrogens (tertiary/aromatic N) is 4. The molecule has 0 unspecified atom stereocenters. The number of rotatable bonds is 7. The molecule has 2 atom stereocenters. The van der Waals surface area contributed by atoms with E-state index in [0.717, 1.165) is 4.90 Å². The molecule has 5 aromatic rings. The summed E-state index contributed by atoms with van der Waals surface area (Å²) in [4.78, 5) is 48.0. The van der Waals surface area contributed by atoms with Gasteiger partial charge in [-0.2, -0.15) is 13.2 Å². The third kappa shape index (κ3) is 6.03. The molecule has 1 saturated heterocycles. The molecule has 3 aromatic heterocycles. The fourth-order valence-electron chi connectivity index (χ4n) is 5.92. The van der Waals surface area contributed by atoms with Crippen LogP contribution in [0.3, 0.4) is 0 Å². The summed E-state index contributed by atoms with van der Waals surface area (Å²) >= 11 is 0. The van der Waals surface area contributed by atoms with E-state index in [1.807, 2.05) is 0 Å². The highest BCUT2D eigenvalue weighted by atomic mass is 19.4. The van der Waals surface area contributed by atoms with Crippen molar-refractivity contribution in [3.63, 3.8) is 0 Å². The second-order valence-corrected chi connectivity index (χ2v) is 11.2. The summed E-state index contributed by atoms with van der Waals surface area (Å²) in [7, 11) is 1.62. The van der Waals surface area contributed by atoms with E-state index in [2.05, 4.69) is 15.3 Å². The van der Waals surface area contributed by atoms with E-state index in [-0.39, 0.29) is 25.1 Å². The van der Waals surface area contributed by atoms with Crippen molar-refractivity contribution in [2.75, 3.05) is 24.7 Å². The number of aliphatic carboxylic acids is 1. The predicted octanol–water partition coefficient (Wildman–Crippen LogP) is 4.62. The molecule has 1 aliphatic heterocycles. The van der Waals surface area contributed by atoms with Crippen molar-refractivity contribution in [3.8, 4) is 11.1 Å². The number of ether oxygens (including phenoxy) is 1. The molecule has 1 aliphatic rings. The first-order valence-electron chi connectivity index (χ1n) is 14.6. The van der Waals surface area contributed by atoms with Gasteiger partial charge in [-0.25, -0.2) is 13.6 Å². The third-order valence-corrected chi connectivity index (χ3v) is 8.29. The normalized spacial score (nSPS) is 15.9. The number of pyridine rings is 3. The Bertz CT molecular complexity index is 2110. The smallest absolute Gasteiger partial charge is 0.411 e. The average Bonchev–Trinajstić information content (AvgIpc) is 3.05. The van der Waals surface area contributed by atoms with Gasteiger partial charge in [-0.05, 0) is 35.9 Å². The molecule has 15 heteroatoms. The van der Waals surface area contributed by atoms with E-state index in [1.165, 1.54) is 10.8 Å². The van der Waals surface area contributed by atoms with Crippen LogP contribution in [0.2, 0.25) is 0 Å². The van der Waals surface area contributed by atoms with Crippen LogP contribution in [0, 0.1) is 11.6 Å². The molecular formula is C33H26F5N5O5. The summed E-state index contributed by atoms with van der Waals surface area (Å²) in [5.41, 5.74) is 0.333. The highest BCUT2D eigenvalue weighted by molar-refractivity contribution is 5.99. The van der Waals surface area contributed by atoms with Gasteiger partial charge in [-0.15, -0.1) is 0 Å². The van der Waals surface area contributed by atoms with Gasteiger partial charge < -0.3 is 24.6 Å². The molecule has 2 aromatic carbocycles. The Morgan fingerprint density at radius 1 is 1.08 bits per heavy atom. The van der Waals surface area contributed by atoms with Crippen molar-refractivity contribution in [2.24, 2.45) is 7.05 Å². The number of carboxylic acid groups (broad SMARTS) is 1. The molecule has 2 N–H and O–H groups in total. The van der Waals surface area contributed by atoms with E-state index >= 15 is 8.78 Å². The number of hydrogen-bond acceptors (Lipinski definition) is 7. The van der Waals surface area contributed by atoms with Crippen molar-refractivity contribution >= 4 is 39.4 Å². The van der Waals surface area contributed by atoms with Crippen LogP contribution in [-0.2, 0) is 23.0 Å². The topological polar surface area (TPSA) is 127 Å². The number of anilines is 1. The summed E-state index contributed by atoms with van der Waals surface area (Å²) in [6.45, 7) is -1.15. The predicted molar refractivity (Wildman–Crippen MR) is 165 cm³/mol. The van der Waals surface area contributed by atoms with Crippen LogP contribution in [0.15, 0.2) is 71.9 Å². The van der Waals surface area contributed by atoms with Crippen LogP contribution in [0.5, 0.6) is 0 Å². The van der Waals surface area contributed by atoms with Gasteiger partial charge in [0.15, 0.2) is 0 Å². The first-order valence-corrected chi connectivity index (χ1v) is 14.6. The Hall–Kier alpha value is -5.44. The number of amides is 1. The van der Waals surface area contributed by atoms with Crippen LogP contribution >= 0.6 is 0 Å². The Kier molecular flexibility index (Phi) is 8.55. The van der Waals surface area contributed by atoms with E-state index < -0.39 is 59.6 Å². The molecule has 0 radical (unpaired) electrons. The van der Waals surface area contributed by atoms with Crippen molar-refractivity contribution in [1.82, 2.24) is 19.9 Å². The molecule has 48 heavy (non-hydrogen) atoms. The summed E-state index contributed by atoms with van der Waals surface area (Å²) in [6.07, 6.45) is -0.407. The highest BCUT2D eigenvalue weighted by Gasteiger charge is 2.46. The van der Waals surface area contributed by atoms with Gasteiger partial charge in [0.1, 0.15) is 29.3 Å². The number of nitrogens with one attached hydrogen (secondary N) is 1. The SMILES string of the molecule is Cn1c(=O)c(-c2ccc(C[C@H](NC(=O)c3c(F)cc(N4CCOC[C@H]4C(F)(F)F)cc3F)C(=O)O)c3cccnc23)cc2cnccc21. The molecule has 6 rings (SSSR count). The van der Waals surface area contributed by atoms with Crippen molar-refractivity contribution in [1.29, 1.82) is 0 Å². The lowest BCUT2D eigenvalue weighted by Crippen LogP contribution is -2.53. The number of morpholine rings is 1. The van der Waals surface area contributed by atoms with Gasteiger partial charge in [0.25, 0.3) is 11.5 Å². The van der Waals surface area contributed by atoms with Gasteiger partial charge in [-0.1, -0.05) is 18.2 Å². The maximum Gasteiger partial charge on any atom is 0.411 e. The van der Waals surface area contributed by atoms with E-state index in [4.69, 9.17) is 4.74 Å². The lowest BCUT2D eigenvalue weighted by atomic mass is 9.95. The van der Waals surface area contributed by atoms with Crippen LogP contribution in [0.1, 0.15) is 15.9 Å². The second-order valence-electron chi connectivity index (χ2n) is 11.2. The molecular weight excluding hydrogens is 641 g/mol. The number of aromatic nitrogens is 3. The number of aryl methyl sites for hydroxylation is 1. The van der Waals surface area contributed by atoms with Gasteiger partial charge >= 0.3 is 12.1 Å². The Labute approximate surface area is 268 Å². The second kappa shape index (κ2) is 12.6. The zero-order valence-corrected chi connectivity index (χ0v) is 25.1. The van der Waals surface area contributed by atoms with Gasteiger partial charge in [-0.3, -0.25) is 19.6 Å². The van der Waals surface area contributed by atoms with Crippen molar-refractivity contribution in [2.45, 2.75) is 24.7 Å². The number of halogens is 5. The third-order valence-electron chi connectivity index (χ3n) is 8.29. The molecule has 4 heterocycles.